The van der Waals surface area contributed by atoms with Gasteiger partial charge < -0.3 is 28.8 Å². The molecule has 1 spiro atoms. The van der Waals surface area contributed by atoms with E-state index in [2.05, 4.69) is 0 Å². The van der Waals surface area contributed by atoms with Crippen LogP contribution >= 0.6 is 0 Å². The molecule has 226 valence electrons. The van der Waals surface area contributed by atoms with Crippen molar-refractivity contribution in [3.05, 3.63) is 47.2 Å². The van der Waals surface area contributed by atoms with Crippen LogP contribution in [0.1, 0.15) is 64.2 Å². The number of carbonyl (C=O) groups is 4. The largest absolute Gasteiger partial charge is 0.455 e. The fourth-order valence-corrected chi connectivity index (χ4v) is 8.77. The van der Waals surface area contributed by atoms with Crippen LogP contribution in [0.15, 0.2) is 41.7 Å². The van der Waals surface area contributed by atoms with E-state index in [9.17, 15) is 24.3 Å². The zero-order chi connectivity index (χ0) is 30.4. The standard InChI is InChI=1S/C32H38O10/c1-16-21(38-6)14-32(37)27(41-28(36)19-10-8-7-9-11-19)25-30(26(35)24(40-17(2)33)23(16)29(32,4)5)13-20(30)12-22-31(25,15-39-22)42-18(3)34/h7-11,16,20-22,25,27,37H,12-15H2,1-6H3/b24-23+. The molecule has 42 heavy (non-hydrogen) atoms. The van der Waals surface area contributed by atoms with Crippen LogP contribution < -0.4 is 0 Å². The van der Waals surface area contributed by atoms with Gasteiger partial charge in [0, 0.05) is 38.7 Å². The Hall–Kier alpha value is -3.08. The average Bonchev–Trinajstić information content (AvgIpc) is 3.65. The second-order valence-electron chi connectivity index (χ2n) is 13.2. The van der Waals surface area contributed by atoms with Crippen molar-refractivity contribution >= 4 is 23.7 Å². The molecule has 1 aromatic carbocycles. The molecule has 1 aliphatic heterocycles. The minimum absolute atomic E-state index is 0.0247. The van der Waals surface area contributed by atoms with Crippen molar-refractivity contribution < 1.29 is 48.0 Å². The van der Waals surface area contributed by atoms with E-state index in [0.29, 0.717) is 18.4 Å². The summed E-state index contributed by atoms with van der Waals surface area (Å²) in [7, 11) is 1.51. The van der Waals surface area contributed by atoms with Gasteiger partial charge in [0.1, 0.15) is 17.8 Å². The van der Waals surface area contributed by atoms with Gasteiger partial charge in [0.05, 0.1) is 29.6 Å². The first kappa shape index (κ1) is 29.0. The molecule has 0 amide bonds. The molecule has 0 aromatic heterocycles. The Kier molecular flexibility index (Phi) is 6.53. The number of ketones is 1. The molecule has 1 aromatic rings. The summed E-state index contributed by atoms with van der Waals surface area (Å²) in [4.78, 5) is 53.8. The molecule has 10 nitrogen and oxygen atoms in total. The zero-order valence-corrected chi connectivity index (χ0v) is 24.8. The van der Waals surface area contributed by atoms with E-state index >= 15 is 0 Å². The van der Waals surface area contributed by atoms with Crippen molar-refractivity contribution in [1.29, 1.82) is 0 Å². The summed E-state index contributed by atoms with van der Waals surface area (Å²) in [6.45, 7) is 7.91. The maximum absolute atomic E-state index is 14.9. The molecule has 4 fully saturated rings. The first-order chi connectivity index (χ1) is 19.7. The summed E-state index contributed by atoms with van der Waals surface area (Å²) in [6.07, 6.45) is -1.59. The van der Waals surface area contributed by atoms with E-state index in [1.54, 1.807) is 44.2 Å². The number of carbonyl (C=O) groups excluding carboxylic acids is 4. The fraction of sp³-hybridized carbons (Fsp3) is 0.625. The van der Waals surface area contributed by atoms with E-state index in [4.69, 9.17) is 23.7 Å². The lowest BCUT2D eigenvalue weighted by atomic mass is 9.48. The Balaban J connectivity index is 1.65. The fourth-order valence-electron chi connectivity index (χ4n) is 8.77. The van der Waals surface area contributed by atoms with Crippen LogP contribution in [-0.4, -0.2) is 72.0 Å². The molecule has 9 atom stereocenters. The van der Waals surface area contributed by atoms with Crippen LogP contribution in [0.5, 0.6) is 0 Å². The molecule has 4 aliphatic carbocycles. The molecule has 10 heteroatoms. The lowest BCUT2D eigenvalue weighted by molar-refractivity contribution is -0.323. The van der Waals surface area contributed by atoms with Crippen LogP contribution in [-0.2, 0) is 38.1 Å². The quantitative estimate of drug-likeness (QED) is 0.408. The Morgan fingerprint density at radius 1 is 1.05 bits per heavy atom. The van der Waals surface area contributed by atoms with Crippen molar-refractivity contribution in [3.63, 3.8) is 0 Å². The lowest BCUT2D eigenvalue weighted by Crippen LogP contribution is -2.77. The summed E-state index contributed by atoms with van der Waals surface area (Å²) in [6, 6.07) is 8.43. The number of fused-ring (bicyclic) bond motifs is 4. The highest BCUT2D eigenvalue weighted by atomic mass is 16.6. The number of Topliss-reactive ketones (excluding diaryl/α,β-unsaturated/α-hetero) is 1. The number of ether oxygens (including phenoxy) is 5. The number of esters is 3. The smallest absolute Gasteiger partial charge is 0.338 e. The van der Waals surface area contributed by atoms with Crippen molar-refractivity contribution in [2.75, 3.05) is 13.7 Å². The van der Waals surface area contributed by atoms with Crippen LogP contribution in [0.4, 0.5) is 0 Å². The molecule has 1 N–H and O–H groups in total. The third-order valence-electron chi connectivity index (χ3n) is 10.8. The summed E-state index contributed by atoms with van der Waals surface area (Å²) in [5, 5.41) is 13.1. The van der Waals surface area contributed by atoms with Gasteiger partial charge in [0.15, 0.2) is 11.4 Å². The molecule has 0 radical (unpaired) electrons. The first-order valence-corrected chi connectivity index (χ1v) is 14.5. The van der Waals surface area contributed by atoms with E-state index in [0.717, 1.165) is 0 Å². The molecule has 3 saturated carbocycles. The Labute approximate surface area is 244 Å². The predicted octanol–water partition coefficient (Wildman–Crippen LogP) is 3.15. The normalized spacial score (nSPS) is 42.8. The van der Waals surface area contributed by atoms with Gasteiger partial charge in [-0.3, -0.25) is 14.4 Å². The van der Waals surface area contributed by atoms with E-state index in [-0.39, 0.29) is 30.3 Å². The monoisotopic (exact) mass is 582 g/mol. The van der Waals surface area contributed by atoms with Gasteiger partial charge in [-0.2, -0.15) is 0 Å². The van der Waals surface area contributed by atoms with Gasteiger partial charge in [-0.15, -0.1) is 0 Å². The molecule has 6 rings (SSSR count). The number of allylic oxidation sites excluding steroid dienone is 1. The van der Waals surface area contributed by atoms with Crippen molar-refractivity contribution in [2.24, 2.45) is 28.6 Å². The second-order valence-corrected chi connectivity index (χ2v) is 13.2. The van der Waals surface area contributed by atoms with Crippen LogP contribution in [0, 0.1) is 28.6 Å². The van der Waals surface area contributed by atoms with Gasteiger partial charge in [0.2, 0.25) is 5.78 Å². The highest BCUT2D eigenvalue weighted by Gasteiger charge is 2.83. The number of methoxy groups -OCH3 is 1. The molecule has 1 saturated heterocycles. The number of aliphatic hydroxyl groups is 1. The SMILES string of the molecule is COC1CC2(O)C(OC(=O)c3ccccc3)C3C4(OC(C)=O)COC4CC4CC43C(=O)/C(OC(C)=O)=C(/C1C)C2(C)C. The van der Waals surface area contributed by atoms with Gasteiger partial charge >= 0.3 is 17.9 Å². The summed E-state index contributed by atoms with van der Waals surface area (Å²) in [5.41, 5.74) is -4.91. The Bertz CT molecular complexity index is 1380. The van der Waals surface area contributed by atoms with Crippen molar-refractivity contribution in [2.45, 2.75) is 83.4 Å². The second kappa shape index (κ2) is 9.46. The molecule has 5 aliphatic rings. The maximum atomic E-state index is 14.9. The lowest BCUT2D eigenvalue weighted by Gasteiger charge is -2.64. The number of hydrogen-bond donors (Lipinski definition) is 1. The number of hydrogen-bond acceptors (Lipinski definition) is 10. The van der Waals surface area contributed by atoms with Gasteiger partial charge in [-0.05, 0) is 36.5 Å². The summed E-state index contributed by atoms with van der Waals surface area (Å²) >= 11 is 0. The molecule has 9 unspecified atom stereocenters. The van der Waals surface area contributed by atoms with Gasteiger partial charge in [-0.1, -0.05) is 39.0 Å². The number of benzene rings is 1. The molecular weight excluding hydrogens is 544 g/mol. The topological polar surface area (TPSA) is 135 Å². The highest BCUT2D eigenvalue weighted by molar-refractivity contribution is 6.04. The Morgan fingerprint density at radius 3 is 2.31 bits per heavy atom. The maximum Gasteiger partial charge on any atom is 0.338 e. The van der Waals surface area contributed by atoms with E-state index in [1.165, 1.54) is 21.0 Å². The van der Waals surface area contributed by atoms with Crippen LogP contribution in [0.3, 0.4) is 0 Å². The van der Waals surface area contributed by atoms with Crippen molar-refractivity contribution in [1.82, 2.24) is 0 Å². The molecule has 2 bridgehead atoms. The molecule has 1 heterocycles. The van der Waals surface area contributed by atoms with Crippen LogP contribution in [0.25, 0.3) is 0 Å². The highest BCUT2D eigenvalue weighted by Crippen LogP contribution is 2.74. The minimum Gasteiger partial charge on any atom is -0.455 e. The minimum atomic E-state index is -1.83. The van der Waals surface area contributed by atoms with E-state index < -0.39 is 75.9 Å². The third kappa shape index (κ3) is 3.74. The van der Waals surface area contributed by atoms with Gasteiger partial charge in [-0.25, -0.2) is 4.79 Å². The Morgan fingerprint density at radius 2 is 1.74 bits per heavy atom. The number of rotatable bonds is 5. The first-order valence-electron chi connectivity index (χ1n) is 14.5. The third-order valence-corrected chi connectivity index (χ3v) is 10.8. The molecular formula is C32H38O10. The average molecular weight is 583 g/mol. The van der Waals surface area contributed by atoms with Crippen LogP contribution in [0.2, 0.25) is 0 Å². The summed E-state index contributed by atoms with van der Waals surface area (Å²) < 4.78 is 30.0. The predicted molar refractivity (Wildman–Crippen MR) is 146 cm³/mol. The van der Waals surface area contributed by atoms with Gasteiger partial charge in [0.25, 0.3) is 0 Å². The zero-order valence-electron chi connectivity index (χ0n) is 24.8. The van der Waals surface area contributed by atoms with Crippen molar-refractivity contribution in [3.8, 4) is 0 Å². The van der Waals surface area contributed by atoms with E-state index in [1.807, 2.05) is 6.92 Å². The summed E-state index contributed by atoms with van der Waals surface area (Å²) in [5.74, 6) is -4.02.